The van der Waals surface area contributed by atoms with Gasteiger partial charge in [0.05, 0.1) is 23.4 Å². The van der Waals surface area contributed by atoms with Crippen molar-refractivity contribution in [3.8, 4) is 0 Å². The van der Waals surface area contributed by atoms with Gasteiger partial charge >= 0.3 is 6.18 Å². The van der Waals surface area contributed by atoms with Gasteiger partial charge in [-0.05, 0) is 35.9 Å². The van der Waals surface area contributed by atoms with E-state index in [1.54, 1.807) is 24.3 Å². The molecule has 1 fully saturated rings. The minimum absolute atomic E-state index is 0.00241. The van der Waals surface area contributed by atoms with Gasteiger partial charge in [0.25, 0.3) is 5.91 Å². The summed E-state index contributed by atoms with van der Waals surface area (Å²) < 4.78 is 58.6. The van der Waals surface area contributed by atoms with E-state index in [0.29, 0.717) is 29.7 Å². The Hall–Kier alpha value is -4.06. The van der Waals surface area contributed by atoms with Gasteiger partial charge in [0, 0.05) is 43.6 Å². The highest BCUT2D eigenvalue weighted by molar-refractivity contribution is 5.99. The van der Waals surface area contributed by atoms with Gasteiger partial charge in [-0.1, -0.05) is 26.0 Å². The van der Waals surface area contributed by atoms with E-state index in [2.05, 4.69) is 25.9 Å². The number of anilines is 2. The third kappa shape index (κ3) is 6.69. The van der Waals surface area contributed by atoms with Crippen LogP contribution in [0.1, 0.15) is 53.5 Å². The van der Waals surface area contributed by atoms with Crippen LogP contribution in [0.3, 0.4) is 0 Å². The third-order valence-electron chi connectivity index (χ3n) is 6.23. The summed E-state index contributed by atoms with van der Waals surface area (Å²) in [6.07, 6.45) is -1.62. The summed E-state index contributed by atoms with van der Waals surface area (Å²) in [6, 6.07) is 8.74. The number of benzene rings is 2. The maximum atomic E-state index is 13.4. The Labute approximate surface area is 222 Å². The van der Waals surface area contributed by atoms with Crippen molar-refractivity contribution in [1.29, 1.82) is 0 Å². The fraction of sp³-hybridized carbons (Fsp3) is 0.333. The Bertz CT molecular complexity index is 1320. The molecule has 39 heavy (non-hydrogen) atoms. The van der Waals surface area contributed by atoms with Crippen LogP contribution in [0.5, 0.6) is 0 Å². The maximum absolute atomic E-state index is 13.4. The summed E-state index contributed by atoms with van der Waals surface area (Å²) in [5, 5.41) is 8.21. The number of halogens is 4. The lowest BCUT2D eigenvalue weighted by atomic mass is 9.96. The average Bonchev–Trinajstić information content (AvgIpc) is 3.38. The Morgan fingerprint density at radius 3 is 2.36 bits per heavy atom. The average molecular weight is 546 g/mol. The maximum Gasteiger partial charge on any atom is 0.418 e. The normalized spacial score (nSPS) is 17.2. The van der Waals surface area contributed by atoms with E-state index in [-0.39, 0.29) is 36.7 Å². The molecular weight excluding hydrogens is 518 g/mol. The summed E-state index contributed by atoms with van der Waals surface area (Å²) in [6.45, 7) is 4.26. The summed E-state index contributed by atoms with van der Waals surface area (Å²) in [5.74, 6) is -1.22. The fourth-order valence-corrected chi connectivity index (χ4v) is 4.02. The number of aromatic nitrogens is 2. The highest BCUT2D eigenvalue weighted by Crippen LogP contribution is 2.36. The summed E-state index contributed by atoms with van der Waals surface area (Å²) >= 11 is 0. The molecule has 2 heterocycles. The number of alkyl halides is 3. The van der Waals surface area contributed by atoms with E-state index in [0.717, 1.165) is 12.1 Å². The molecule has 12 heteroatoms. The highest BCUT2D eigenvalue weighted by atomic mass is 19.4. The van der Waals surface area contributed by atoms with E-state index in [1.807, 2.05) is 13.8 Å². The number of carbonyl (C=O) groups is 2. The third-order valence-corrected chi connectivity index (χ3v) is 6.23. The van der Waals surface area contributed by atoms with Gasteiger partial charge in [0.2, 0.25) is 5.91 Å². The lowest BCUT2D eigenvalue weighted by molar-refractivity contribution is -0.137. The van der Waals surface area contributed by atoms with Crippen molar-refractivity contribution < 1.29 is 31.9 Å². The zero-order valence-corrected chi connectivity index (χ0v) is 21.2. The number of nitrogens with zero attached hydrogens (tertiary/aromatic N) is 2. The molecular formula is C27H27F4N5O3. The van der Waals surface area contributed by atoms with Crippen molar-refractivity contribution >= 4 is 23.2 Å². The second-order valence-corrected chi connectivity index (χ2v) is 9.52. The fourth-order valence-electron chi connectivity index (χ4n) is 4.02. The van der Waals surface area contributed by atoms with Crippen LogP contribution in [0, 0.1) is 5.82 Å². The van der Waals surface area contributed by atoms with E-state index >= 15 is 0 Å². The van der Waals surface area contributed by atoms with Crippen LogP contribution in [0.15, 0.2) is 54.9 Å². The van der Waals surface area contributed by atoms with Gasteiger partial charge in [-0.15, -0.1) is 0 Å². The Morgan fingerprint density at radius 1 is 1.08 bits per heavy atom. The molecule has 3 N–H and O–H groups in total. The van der Waals surface area contributed by atoms with E-state index in [9.17, 15) is 27.2 Å². The smallest absolute Gasteiger partial charge is 0.378 e. The predicted molar refractivity (Wildman–Crippen MR) is 135 cm³/mol. The van der Waals surface area contributed by atoms with Crippen molar-refractivity contribution in [2.45, 2.75) is 44.4 Å². The molecule has 0 radical (unpaired) electrons. The second-order valence-electron chi connectivity index (χ2n) is 9.52. The van der Waals surface area contributed by atoms with Crippen LogP contribution in [0.4, 0.5) is 28.9 Å². The molecule has 1 aliphatic rings. The molecule has 0 saturated carbocycles. The van der Waals surface area contributed by atoms with Crippen molar-refractivity contribution in [2.75, 3.05) is 18.5 Å². The molecule has 0 unspecified atom stereocenters. The van der Waals surface area contributed by atoms with Gasteiger partial charge in [-0.25, -0.2) is 14.4 Å². The number of carbonyl (C=O) groups excluding carboxylic acids is 2. The summed E-state index contributed by atoms with van der Waals surface area (Å²) in [5.41, 5.74) is -1.44. The molecule has 206 valence electrons. The van der Waals surface area contributed by atoms with Crippen molar-refractivity contribution in [3.63, 3.8) is 0 Å². The predicted octanol–water partition coefficient (Wildman–Crippen LogP) is 4.71. The molecule has 4 rings (SSSR count). The van der Waals surface area contributed by atoms with Crippen LogP contribution in [-0.4, -0.2) is 40.5 Å². The van der Waals surface area contributed by atoms with Gasteiger partial charge in [0.1, 0.15) is 17.2 Å². The van der Waals surface area contributed by atoms with Crippen LogP contribution in [0.2, 0.25) is 0 Å². The molecule has 1 aliphatic heterocycles. The zero-order chi connectivity index (χ0) is 28.2. The van der Waals surface area contributed by atoms with Gasteiger partial charge < -0.3 is 20.7 Å². The van der Waals surface area contributed by atoms with Crippen molar-refractivity contribution in [3.05, 3.63) is 83.2 Å². The minimum Gasteiger partial charge on any atom is -0.378 e. The first-order valence-corrected chi connectivity index (χ1v) is 12.2. The van der Waals surface area contributed by atoms with E-state index in [1.165, 1.54) is 12.4 Å². The topological polar surface area (TPSA) is 105 Å². The second kappa shape index (κ2) is 11.4. The first-order chi connectivity index (χ1) is 18.5. The largest absolute Gasteiger partial charge is 0.418 e. The summed E-state index contributed by atoms with van der Waals surface area (Å²) in [4.78, 5) is 34.3. The molecule has 1 atom stereocenters. The Kier molecular flexibility index (Phi) is 8.14. The van der Waals surface area contributed by atoms with Crippen LogP contribution < -0.4 is 16.0 Å². The molecule has 3 aromatic rings. The number of ether oxygens (including phenoxy) is 1. The van der Waals surface area contributed by atoms with Crippen molar-refractivity contribution in [1.82, 2.24) is 20.6 Å². The molecule has 1 saturated heterocycles. The molecule has 1 aromatic heterocycles. The van der Waals surface area contributed by atoms with E-state index < -0.39 is 34.9 Å². The van der Waals surface area contributed by atoms with Crippen LogP contribution in [0.25, 0.3) is 0 Å². The van der Waals surface area contributed by atoms with Crippen LogP contribution in [-0.2, 0) is 22.3 Å². The van der Waals surface area contributed by atoms with Gasteiger partial charge in [0.15, 0.2) is 0 Å². The Morgan fingerprint density at radius 2 is 1.77 bits per heavy atom. The lowest BCUT2D eigenvalue weighted by Gasteiger charge is -2.27. The van der Waals surface area contributed by atoms with Gasteiger partial charge in [-0.2, -0.15) is 13.2 Å². The molecule has 0 aliphatic carbocycles. The monoisotopic (exact) mass is 545 g/mol. The Balaban J connectivity index is 1.39. The first kappa shape index (κ1) is 28.0. The molecule has 2 aromatic carbocycles. The number of hydrogen-bond acceptors (Lipinski definition) is 6. The number of hydrogen-bond donors (Lipinski definition) is 3. The van der Waals surface area contributed by atoms with E-state index in [4.69, 9.17) is 4.74 Å². The molecule has 0 spiro atoms. The molecule has 8 nitrogen and oxygen atoms in total. The SMILES string of the molecule is CC(C)c1ncc(C(=O)N[C@@]2(C(=O)NCc3ccc(Nc4ccc(F)cc4C(F)(F)F)cc3)CCOC2)cn1. The van der Waals surface area contributed by atoms with Crippen molar-refractivity contribution in [2.24, 2.45) is 0 Å². The number of rotatable bonds is 8. The summed E-state index contributed by atoms with van der Waals surface area (Å²) in [7, 11) is 0. The highest BCUT2D eigenvalue weighted by Gasteiger charge is 2.44. The zero-order valence-electron chi connectivity index (χ0n) is 21.2. The first-order valence-electron chi connectivity index (χ1n) is 12.2. The lowest BCUT2D eigenvalue weighted by Crippen LogP contribution is -2.59. The van der Waals surface area contributed by atoms with Crippen LogP contribution >= 0.6 is 0 Å². The molecule has 0 bridgehead atoms. The number of amides is 2. The standard InChI is InChI=1S/C27H27F4N5O3/c1-16(2)23-32-13-18(14-33-23)24(37)36-26(9-10-39-15-26)25(38)34-12-17-3-6-20(7-4-17)35-22-8-5-19(28)11-21(22)27(29,30)31/h3-8,11,13-14,16,35H,9-10,12,15H2,1-2H3,(H,34,38)(H,36,37)/t26-/m0/s1. The minimum atomic E-state index is -4.73. The number of nitrogens with one attached hydrogen (secondary N) is 3. The molecule has 2 amide bonds. The quantitative estimate of drug-likeness (QED) is 0.354. The van der Waals surface area contributed by atoms with Gasteiger partial charge in [-0.3, -0.25) is 9.59 Å².